The second-order valence-corrected chi connectivity index (χ2v) is 7.60. The first-order valence-electron chi connectivity index (χ1n) is 9.97. The molecule has 0 spiro atoms. The van der Waals surface area contributed by atoms with E-state index in [1.165, 1.54) is 18.2 Å². The molecular weight excluding hydrogens is 445 g/mol. The Bertz CT molecular complexity index is 1130. The van der Waals surface area contributed by atoms with Gasteiger partial charge in [0, 0.05) is 23.7 Å². The number of aliphatic hydroxyl groups is 1. The van der Waals surface area contributed by atoms with E-state index in [-0.39, 0.29) is 23.5 Å². The van der Waals surface area contributed by atoms with E-state index in [2.05, 4.69) is 10.6 Å². The third-order valence-corrected chi connectivity index (χ3v) is 5.39. The minimum atomic E-state index is -4.88. The number of carbonyl (C=O) groups excluding carboxylic acids is 2. The van der Waals surface area contributed by atoms with Crippen LogP contribution in [0.2, 0.25) is 0 Å². The van der Waals surface area contributed by atoms with E-state index in [9.17, 15) is 27.9 Å². The molecule has 0 radical (unpaired) electrons. The zero-order chi connectivity index (χ0) is 24.4. The predicted octanol–water partition coefficient (Wildman–Crippen LogP) is 1.92. The minimum absolute atomic E-state index is 0.0965. The van der Waals surface area contributed by atoms with Crippen molar-refractivity contribution in [3.8, 4) is 5.75 Å². The molecule has 0 saturated carbocycles. The van der Waals surface area contributed by atoms with Crippen molar-refractivity contribution in [3.05, 3.63) is 41.3 Å². The highest BCUT2D eigenvalue weighted by atomic mass is 19.4. The monoisotopic (exact) mass is 468 g/mol. The van der Waals surface area contributed by atoms with Gasteiger partial charge in [0.25, 0.3) is 5.91 Å². The van der Waals surface area contributed by atoms with Gasteiger partial charge in [-0.15, -0.1) is 0 Å². The van der Waals surface area contributed by atoms with Crippen molar-refractivity contribution < 1.29 is 37.0 Å². The molecule has 1 fully saturated rings. The lowest BCUT2D eigenvalue weighted by molar-refractivity contribution is -0.131. The number of piperidine rings is 1. The number of fused-ring (bicyclic) bond motifs is 1. The van der Waals surface area contributed by atoms with E-state index >= 15 is 0 Å². The van der Waals surface area contributed by atoms with Crippen molar-refractivity contribution in [2.75, 3.05) is 19.8 Å². The average molecular weight is 468 g/mol. The minimum Gasteiger partial charge on any atom is -0.489 e. The first kappa shape index (κ1) is 24.1. The van der Waals surface area contributed by atoms with Crippen LogP contribution in [0.4, 0.5) is 13.2 Å². The fourth-order valence-corrected chi connectivity index (χ4v) is 3.58. The molecule has 12 heteroatoms. The molecule has 1 unspecified atom stereocenters. The molecule has 33 heavy (non-hydrogen) atoms. The molecule has 1 aromatic carbocycles. The Kier molecular flexibility index (Phi) is 6.68. The Hall–Kier alpha value is -3.54. The summed E-state index contributed by atoms with van der Waals surface area (Å²) in [6.07, 6.45) is -3.40. The Morgan fingerprint density at radius 3 is 2.79 bits per heavy atom. The van der Waals surface area contributed by atoms with Crippen LogP contribution in [0.3, 0.4) is 0 Å². The molecule has 2 aromatic rings. The van der Waals surface area contributed by atoms with Crippen molar-refractivity contribution >= 4 is 28.5 Å². The largest absolute Gasteiger partial charge is 0.489 e. The zero-order valence-corrected chi connectivity index (χ0v) is 17.6. The van der Waals surface area contributed by atoms with Crippen LogP contribution >= 0.6 is 0 Å². The van der Waals surface area contributed by atoms with E-state index < -0.39 is 48.0 Å². The number of ether oxygens (including phenoxy) is 1. The maximum Gasteiger partial charge on any atom is 0.433 e. The summed E-state index contributed by atoms with van der Waals surface area (Å²) in [5, 5.41) is 22.5. The second kappa shape index (κ2) is 9.14. The number of carbonyl (C=O) groups is 2. The number of benzene rings is 1. The van der Waals surface area contributed by atoms with Crippen LogP contribution in [0.25, 0.3) is 11.0 Å². The van der Waals surface area contributed by atoms with Crippen molar-refractivity contribution in [2.45, 2.75) is 31.5 Å². The molecule has 178 valence electrons. The molecule has 1 atom stereocenters. The smallest absolute Gasteiger partial charge is 0.433 e. The number of amides is 2. The number of furan rings is 1. The van der Waals surface area contributed by atoms with E-state index in [0.717, 1.165) is 0 Å². The zero-order valence-electron chi connectivity index (χ0n) is 17.6. The fourth-order valence-electron chi connectivity index (χ4n) is 3.58. The van der Waals surface area contributed by atoms with Crippen LogP contribution in [0.15, 0.2) is 34.4 Å². The SMILES string of the molecule is Cc1oc2ccc(OC/C(=C/N)C(=N)C(F)(F)F)cc2c1C(=O)NC1(CO)CCCNC1=O. The topological polar surface area (TPSA) is 151 Å². The first-order valence-corrected chi connectivity index (χ1v) is 9.97. The van der Waals surface area contributed by atoms with Gasteiger partial charge in [-0.1, -0.05) is 0 Å². The third-order valence-electron chi connectivity index (χ3n) is 5.39. The van der Waals surface area contributed by atoms with E-state index in [1.54, 1.807) is 6.92 Å². The number of nitrogens with two attached hydrogens (primary N) is 1. The van der Waals surface area contributed by atoms with Gasteiger partial charge in [0.2, 0.25) is 5.91 Å². The number of aliphatic hydroxyl groups excluding tert-OH is 1. The summed E-state index contributed by atoms with van der Waals surface area (Å²) in [6, 6.07) is 4.31. The number of aryl methyl sites for hydroxylation is 1. The highest BCUT2D eigenvalue weighted by Gasteiger charge is 2.42. The molecular formula is C21H23F3N4O5. The molecule has 3 rings (SSSR count). The summed E-state index contributed by atoms with van der Waals surface area (Å²) in [4.78, 5) is 25.4. The summed E-state index contributed by atoms with van der Waals surface area (Å²) in [7, 11) is 0. The van der Waals surface area contributed by atoms with Crippen molar-refractivity contribution in [1.29, 1.82) is 5.41 Å². The summed E-state index contributed by atoms with van der Waals surface area (Å²) >= 11 is 0. The molecule has 0 aliphatic carbocycles. The highest BCUT2D eigenvalue weighted by Crippen LogP contribution is 2.30. The number of nitrogens with one attached hydrogen (secondary N) is 3. The van der Waals surface area contributed by atoms with Gasteiger partial charge >= 0.3 is 6.18 Å². The summed E-state index contributed by atoms with van der Waals surface area (Å²) in [5.41, 5.74) is 1.97. The van der Waals surface area contributed by atoms with Gasteiger partial charge in [-0.05, 0) is 38.0 Å². The fraction of sp³-hybridized carbons (Fsp3) is 0.381. The molecule has 6 N–H and O–H groups in total. The number of hydrogen-bond donors (Lipinski definition) is 5. The van der Waals surface area contributed by atoms with Crippen LogP contribution in [0.1, 0.15) is 29.0 Å². The van der Waals surface area contributed by atoms with Crippen LogP contribution in [-0.2, 0) is 4.79 Å². The summed E-state index contributed by atoms with van der Waals surface area (Å²) in [5.74, 6) is -0.799. The summed E-state index contributed by atoms with van der Waals surface area (Å²) in [6.45, 7) is 0.775. The average Bonchev–Trinajstić information content (AvgIpc) is 3.10. The van der Waals surface area contributed by atoms with Gasteiger partial charge in [0.15, 0.2) is 0 Å². The molecule has 1 saturated heterocycles. The predicted molar refractivity (Wildman–Crippen MR) is 112 cm³/mol. The van der Waals surface area contributed by atoms with Gasteiger partial charge in [0.05, 0.1) is 12.2 Å². The van der Waals surface area contributed by atoms with Gasteiger partial charge in [-0.3, -0.25) is 15.0 Å². The van der Waals surface area contributed by atoms with Crippen LogP contribution in [0.5, 0.6) is 5.75 Å². The summed E-state index contributed by atoms with van der Waals surface area (Å²) < 4.78 is 49.3. The van der Waals surface area contributed by atoms with Crippen molar-refractivity contribution in [1.82, 2.24) is 10.6 Å². The molecule has 1 aliphatic rings. The highest BCUT2D eigenvalue weighted by molar-refractivity contribution is 6.09. The van der Waals surface area contributed by atoms with Crippen molar-refractivity contribution in [3.63, 3.8) is 0 Å². The Morgan fingerprint density at radius 1 is 1.45 bits per heavy atom. The van der Waals surface area contributed by atoms with Gasteiger partial charge < -0.3 is 30.6 Å². The van der Waals surface area contributed by atoms with Gasteiger partial charge in [-0.25, -0.2) is 0 Å². The van der Waals surface area contributed by atoms with E-state index in [0.29, 0.717) is 30.1 Å². The van der Waals surface area contributed by atoms with Crippen LogP contribution < -0.4 is 21.1 Å². The maximum absolute atomic E-state index is 13.1. The normalized spacial score (nSPS) is 19.3. The number of rotatable bonds is 7. The van der Waals surface area contributed by atoms with E-state index in [4.69, 9.17) is 20.3 Å². The number of hydrogen-bond acceptors (Lipinski definition) is 7. The quantitative estimate of drug-likeness (QED) is 0.392. The third kappa shape index (κ3) is 4.80. The van der Waals surface area contributed by atoms with Crippen molar-refractivity contribution in [2.24, 2.45) is 5.73 Å². The molecule has 1 aliphatic heterocycles. The number of halogens is 3. The Balaban J connectivity index is 1.86. The molecule has 2 amide bonds. The maximum atomic E-state index is 13.1. The van der Waals surface area contributed by atoms with Crippen LogP contribution in [-0.4, -0.2) is 54.1 Å². The lowest BCUT2D eigenvalue weighted by atomic mass is 9.89. The standard InChI is InChI=1S/C21H23F3N4O5/c1-11-16(18(30)28-20(10-29)5-2-6-27-19(20)31)14-7-13(3-4-15(14)33-11)32-9-12(8-25)17(26)21(22,23)24/h3-4,7-8,26,29H,2,5-6,9-10,25H2,1H3,(H,27,31)(H,28,30)/b12-8-,26-17?. The lowest BCUT2D eigenvalue weighted by Crippen LogP contribution is -2.63. The molecule has 9 nitrogen and oxygen atoms in total. The molecule has 1 aromatic heterocycles. The molecule has 0 bridgehead atoms. The van der Waals surface area contributed by atoms with Gasteiger partial charge in [-0.2, -0.15) is 13.2 Å². The molecule has 2 heterocycles. The second-order valence-electron chi connectivity index (χ2n) is 7.60. The van der Waals surface area contributed by atoms with Gasteiger partial charge in [0.1, 0.15) is 35.0 Å². The Labute approximate surface area is 186 Å². The Morgan fingerprint density at radius 2 is 2.18 bits per heavy atom. The van der Waals surface area contributed by atoms with Crippen LogP contribution in [0, 0.1) is 12.3 Å². The van der Waals surface area contributed by atoms with E-state index in [1.807, 2.05) is 0 Å². The first-order chi connectivity index (χ1) is 15.5. The lowest BCUT2D eigenvalue weighted by Gasteiger charge is -2.35. The number of alkyl halides is 3.